The molecule has 1 aromatic rings. The summed E-state index contributed by atoms with van der Waals surface area (Å²) in [6, 6.07) is 4.91. The molecule has 0 aromatic heterocycles. The van der Waals surface area contributed by atoms with E-state index in [1.807, 2.05) is 0 Å². The number of sulfone groups is 1. The van der Waals surface area contributed by atoms with Gasteiger partial charge in [-0.2, -0.15) is 0 Å². The van der Waals surface area contributed by atoms with E-state index in [0.717, 1.165) is 19.3 Å². The van der Waals surface area contributed by atoms with E-state index in [2.05, 4.69) is 5.32 Å². The van der Waals surface area contributed by atoms with Crippen LogP contribution in [0.1, 0.15) is 24.8 Å². The molecule has 20 heavy (non-hydrogen) atoms. The quantitative estimate of drug-likeness (QED) is 0.871. The first-order valence-electron chi connectivity index (χ1n) is 6.76. The Labute approximate surface area is 125 Å². The van der Waals surface area contributed by atoms with Crippen molar-refractivity contribution in [3.63, 3.8) is 0 Å². The zero-order valence-corrected chi connectivity index (χ0v) is 13.0. The second-order valence-corrected chi connectivity index (χ2v) is 7.77. The number of hydrogen-bond donors (Lipinski definition) is 2. The average molecular weight is 318 g/mol. The molecular formula is C14H20ClNO3S. The Kier molecular flexibility index (Phi) is 5.07. The van der Waals surface area contributed by atoms with Crippen LogP contribution in [-0.4, -0.2) is 32.4 Å². The van der Waals surface area contributed by atoms with Gasteiger partial charge in [-0.1, -0.05) is 24.1 Å². The lowest BCUT2D eigenvalue weighted by Crippen LogP contribution is -2.28. The molecule has 2 rings (SSSR count). The number of aliphatic hydroxyl groups is 1. The van der Waals surface area contributed by atoms with Crippen molar-refractivity contribution in [3.8, 4) is 0 Å². The predicted octanol–water partition coefficient (Wildman–Crippen LogP) is 1.99. The highest BCUT2D eigenvalue weighted by molar-refractivity contribution is 7.90. The van der Waals surface area contributed by atoms with Crippen molar-refractivity contribution in [2.45, 2.75) is 36.8 Å². The van der Waals surface area contributed by atoms with Gasteiger partial charge in [0.1, 0.15) is 0 Å². The fourth-order valence-electron chi connectivity index (χ4n) is 2.70. The number of hydrogen-bond acceptors (Lipinski definition) is 4. The molecule has 0 aliphatic heterocycles. The predicted molar refractivity (Wildman–Crippen MR) is 79.6 cm³/mol. The van der Waals surface area contributed by atoms with Gasteiger partial charge in [-0.25, -0.2) is 8.42 Å². The fraction of sp³-hybridized carbons (Fsp3) is 0.571. The molecule has 1 aliphatic carbocycles. The van der Waals surface area contributed by atoms with Crippen LogP contribution < -0.4 is 5.32 Å². The molecular weight excluding hydrogens is 298 g/mol. The standard InChI is InChI=1S/C14H20ClNO3S/c1-20(18,19)14-7-3-5-12(15)11(14)9-16-8-10-4-2-6-13(10)17/h3,5,7,10,13,16-17H,2,4,6,8-9H2,1H3. The molecule has 0 radical (unpaired) electrons. The zero-order chi connectivity index (χ0) is 14.8. The first-order valence-corrected chi connectivity index (χ1v) is 9.03. The van der Waals surface area contributed by atoms with Gasteiger partial charge in [-0.15, -0.1) is 0 Å². The van der Waals surface area contributed by atoms with Crippen LogP contribution in [0.4, 0.5) is 0 Å². The summed E-state index contributed by atoms with van der Waals surface area (Å²) in [5, 5.41) is 13.4. The first-order chi connectivity index (χ1) is 9.39. The molecule has 112 valence electrons. The Hall–Kier alpha value is -0.620. The fourth-order valence-corrected chi connectivity index (χ4v) is 3.95. The molecule has 1 saturated carbocycles. The van der Waals surface area contributed by atoms with Crippen molar-refractivity contribution in [3.05, 3.63) is 28.8 Å². The van der Waals surface area contributed by atoms with Gasteiger partial charge < -0.3 is 10.4 Å². The molecule has 1 aliphatic rings. The van der Waals surface area contributed by atoms with Gasteiger partial charge in [0.05, 0.1) is 11.0 Å². The van der Waals surface area contributed by atoms with Crippen molar-refractivity contribution in [1.82, 2.24) is 5.32 Å². The lowest BCUT2D eigenvalue weighted by atomic mass is 10.1. The van der Waals surface area contributed by atoms with E-state index in [1.54, 1.807) is 18.2 Å². The first kappa shape index (κ1) is 15.8. The minimum Gasteiger partial charge on any atom is -0.393 e. The summed E-state index contributed by atoms with van der Waals surface area (Å²) in [4.78, 5) is 0.268. The Balaban J connectivity index is 2.06. The molecule has 0 amide bonds. The van der Waals surface area contributed by atoms with Crippen molar-refractivity contribution < 1.29 is 13.5 Å². The number of benzene rings is 1. The van der Waals surface area contributed by atoms with Crippen LogP contribution in [0.5, 0.6) is 0 Å². The van der Waals surface area contributed by atoms with Gasteiger partial charge in [0, 0.05) is 29.9 Å². The van der Waals surface area contributed by atoms with E-state index in [1.165, 1.54) is 6.26 Å². The maximum absolute atomic E-state index is 11.8. The van der Waals surface area contributed by atoms with Crippen LogP contribution in [0.3, 0.4) is 0 Å². The third-order valence-corrected chi connectivity index (χ3v) is 5.34. The topological polar surface area (TPSA) is 66.4 Å². The highest BCUT2D eigenvalue weighted by atomic mass is 35.5. The van der Waals surface area contributed by atoms with Crippen LogP contribution in [0.2, 0.25) is 5.02 Å². The summed E-state index contributed by atoms with van der Waals surface area (Å²) >= 11 is 6.11. The SMILES string of the molecule is CS(=O)(=O)c1cccc(Cl)c1CNCC1CCCC1O. The van der Waals surface area contributed by atoms with Crippen LogP contribution >= 0.6 is 11.6 Å². The van der Waals surface area contributed by atoms with Gasteiger partial charge in [0.2, 0.25) is 0 Å². The maximum Gasteiger partial charge on any atom is 0.175 e. The van der Waals surface area contributed by atoms with E-state index in [0.29, 0.717) is 23.7 Å². The molecule has 4 nitrogen and oxygen atoms in total. The average Bonchev–Trinajstić information content (AvgIpc) is 2.76. The minimum atomic E-state index is -3.29. The van der Waals surface area contributed by atoms with Crippen LogP contribution in [0.15, 0.2) is 23.1 Å². The summed E-state index contributed by atoms with van der Waals surface area (Å²) in [7, 11) is -3.29. The van der Waals surface area contributed by atoms with Crippen LogP contribution in [-0.2, 0) is 16.4 Å². The second kappa shape index (κ2) is 6.43. The van der Waals surface area contributed by atoms with E-state index < -0.39 is 9.84 Å². The van der Waals surface area contributed by atoms with Crippen LogP contribution in [0.25, 0.3) is 0 Å². The Morgan fingerprint density at radius 1 is 1.40 bits per heavy atom. The highest BCUT2D eigenvalue weighted by Gasteiger charge is 2.25. The number of rotatable bonds is 5. The Morgan fingerprint density at radius 3 is 2.75 bits per heavy atom. The molecule has 2 unspecified atom stereocenters. The largest absolute Gasteiger partial charge is 0.393 e. The summed E-state index contributed by atoms with van der Waals surface area (Å²) in [6.07, 6.45) is 3.85. The third kappa shape index (κ3) is 3.73. The summed E-state index contributed by atoms with van der Waals surface area (Å²) < 4.78 is 23.5. The molecule has 2 atom stereocenters. The van der Waals surface area contributed by atoms with E-state index >= 15 is 0 Å². The molecule has 0 bridgehead atoms. The van der Waals surface area contributed by atoms with Gasteiger partial charge in [-0.3, -0.25) is 0 Å². The molecule has 6 heteroatoms. The van der Waals surface area contributed by atoms with E-state index in [9.17, 15) is 13.5 Å². The van der Waals surface area contributed by atoms with Crippen molar-refractivity contribution in [1.29, 1.82) is 0 Å². The molecule has 1 aromatic carbocycles. The number of nitrogens with one attached hydrogen (secondary N) is 1. The lowest BCUT2D eigenvalue weighted by molar-refractivity contribution is 0.131. The second-order valence-electron chi connectivity index (χ2n) is 5.38. The summed E-state index contributed by atoms with van der Waals surface area (Å²) in [5.74, 6) is 0.249. The monoisotopic (exact) mass is 317 g/mol. The number of halogens is 1. The maximum atomic E-state index is 11.8. The minimum absolute atomic E-state index is 0.247. The van der Waals surface area contributed by atoms with Crippen molar-refractivity contribution in [2.24, 2.45) is 5.92 Å². The molecule has 0 heterocycles. The molecule has 1 fully saturated rings. The Bertz CT molecular complexity index is 574. The number of aliphatic hydroxyl groups excluding tert-OH is 1. The third-order valence-electron chi connectivity index (χ3n) is 3.80. The smallest absolute Gasteiger partial charge is 0.175 e. The van der Waals surface area contributed by atoms with Crippen molar-refractivity contribution in [2.75, 3.05) is 12.8 Å². The van der Waals surface area contributed by atoms with Gasteiger partial charge in [-0.05, 0) is 30.9 Å². The van der Waals surface area contributed by atoms with Crippen molar-refractivity contribution >= 4 is 21.4 Å². The van der Waals surface area contributed by atoms with Gasteiger partial charge in [0.25, 0.3) is 0 Å². The molecule has 2 N–H and O–H groups in total. The normalized spacial score (nSPS) is 23.1. The lowest BCUT2D eigenvalue weighted by Gasteiger charge is -2.16. The highest BCUT2D eigenvalue weighted by Crippen LogP contribution is 2.26. The zero-order valence-electron chi connectivity index (χ0n) is 11.5. The van der Waals surface area contributed by atoms with Gasteiger partial charge >= 0.3 is 0 Å². The molecule has 0 spiro atoms. The Morgan fingerprint density at radius 2 is 2.15 bits per heavy atom. The van der Waals surface area contributed by atoms with Gasteiger partial charge in [0.15, 0.2) is 9.84 Å². The molecule has 0 saturated heterocycles. The van der Waals surface area contributed by atoms with E-state index in [4.69, 9.17) is 11.6 Å². The summed E-state index contributed by atoms with van der Waals surface area (Å²) in [5.41, 5.74) is 0.601. The summed E-state index contributed by atoms with van der Waals surface area (Å²) in [6.45, 7) is 1.07. The van der Waals surface area contributed by atoms with Crippen LogP contribution in [0, 0.1) is 5.92 Å². The van der Waals surface area contributed by atoms with E-state index in [-0.39, 0.29) is 16.9 Å².